The highest BCUT2D eigenvalue weighted by atomic mass is 35.5. The Hall–Kier alpha value is -4.05. The van der Waals surface area contributed by atoms with Crippen LogP contribution in [0, 0.1) is 5.41 Å². The average molecular weight is 600 g/mol. The predicted octanol–water partition coefficient (Wildman–Crippen LogP) is 4.33. The molecule has 2 aromatic carbocycles. The lowest BCUT2D eigenvalue weighted by Crippen LogP contribution is -2.40. The Balaban J connectivity index is 2.16. The van der Waals surface area contributed by atoms with Gasteiger partial charge in [0.25, 0.3) is 11.8 Å². The lowest BCUT2D eigenvalue weighted by molar-refractivity contribution is -0.128. The molecule has 0 radical (unpaired) electrons. The molecule has 0 fully saturated rings. The van der Waals surface area contributed by atoms with Crippen molar-refractivity contribution in [3.05, 3.63) is 70.5 Å². The number of ether oxygens (including phenoxy) is 1. The Morgan fingerprint density at radius 3 is 2.31 bits per heavy atom. The van der Waals surface area contributed by atoms with Crippen LogP contribution in [-0.2, 0) is 14.4 Å². The fourth-order valence-corrected chi connectivity index (χ4v) is 4.23. The minimum atomic E-state index is -0.664. The Morgan fingerprint density at radius 1 is 1.00 bits per heavy atom. The monoisotopic (exact) mass is 599 g/mol. The second-order valence-electron chi connectivity index (χ2n) is 10.7. The first-order valence-electron chi connectivity index (χ1n) is 13.8. The molecule has 10 nitrogen and oxygen atoms in total. The van der Waals surface area contributed by atoms with E-state index in [1.165, 1.54) is 11.0 Å². The number of nitrogens with one attached hydrogen (secondary N) is 4. The summed E-state index contributed by atoms with van der Waals surface area (Å²) in [6, 6.07) is 13.7. The molecule has 0 unspecified atom stereocenters. The number of benzene rings is 2. The topological polar surface area (TPSA) is 129 Å². The third-order valence-corrected chi connectivity index (χ3v) is 6.53. The summed E-state index contributed by atoms with van der Waals surface area (Å²) in [4.78, 5) is 53.1. The SMILES string of the molecule is CCOc1ccc(Cl)cc1C(=O)NCC(C)(C)CC(=O)N/C(C(=O)Nc1ccccc1)=C(\CCCC(=O)N(C)C)NC. The summed E-state index contributed by atoms with van der Waals surface area (Å²) in [5, 5.41) is 11.9. The van der Waals surface area contributed by atoms with Gasteiger partial charge in [0.15, 0.2) is 0 Å². The second-order valence-corrected chi connectivity index (χ2v) is 11.1. The Kier molecular flexibility index (Phi) is 13.3. The third kappa shape index (κ3) is 11.1. The maximum atomic E-state index is 13.3. The van der Waals surface area contributed by atoms with Gasteiger partial charge in [-0.25, -0.2) is 0 Å². The highest BCUT2D eigenvalue weighted by Crippen LogP contribution is 2.25. The summed E-state index contributed by atoms with van der Waals surface area (Å²) in [6.07, 6.45) is 1.16. The molecular weight excluding hydrogens is 558 g/mol. The van der Waals surface area contributed by atoms with E-state index in [0.29, 0.717) is 53.6 Å². The molecule has 0 aliphatic carbocycles. The zero-order valence-corrected chi connectivity index (χ0v) is 26.0. The minimum absolute atomic E-state index is 0.0133. The number of rotatable bonds is 15. The smallest absolute Gasteiger partial charge is 0.273 e. The first-order valence-corrected chi connectivity index (χ1v) is 14.2. The summed E-state index contributed by atoms with van der Waals surface area (Å²) >= 11 is 6.09. The van der Waals surface area contributed by atoms with Crippen LogP contribution in [0.5, 0.6) is 5.75 Å². The van der Waals surface area contributed by atoms with Gasteiger partial charge in [0.2, 0.25) is 11.8 Å². The van der Waals surface area contributed by atoms with Crippen LogP contribution in [0.4, 0.5) is 5.69 Å². The normalized spacial score (nSPS) is 11.6. The number of hydrogen-bond donors (Lipinski definition) is 4. The van der Waals surface area contributed by atoms with Crippen molar-refractivity contribution in [1.82, 2.24) is 20.9 Å². The number of amides is 4. The lowest BCUT2D eigenvalue weighted by Gasteiger charge is -2.25. The average Bonchev–Trinajstić information content (AvgIpc) is 2.94. The van der Waals surface area contributed by atoms with Crippen LogP contribution in [0.25, 0.3) is 0 Å². The summed E-state index contributed by atoms with van der Waals surface area (Å²) in [6.45, 7) is 6.07. The first-order chi connectivity index (χ1) is 19.9. The Bertz CT molecular complexity index is 1280. The highest BCUT2D eigenvalue weighted by Gasteiger charge is 2.26. The van der Waals surface area contributed by atoms with E-state index in [1.807, 2.05) is 26.8 Å². The van der Waals surface area contributed by atoms with E-state index in [9.17, 15) is 19.2 Å². The number of nitrogens with zero attached hydrogens (tertiary/aromatic N) is 1. The summed E-state index contributed by atoms with van der Waals surface area (Å²) in [5.74, 6) is -0.876. The molecule has 228 valence electrons. The van der Waals surface area contributed by atoms with Crippen molar-refractivity contribution >= 4 is 40.9 Å². The van der Waals surface area contributed by atoms with Crippen molar-refractivity contribution < 1.29 is 23.9 Å². The fraction of sp³-hybridized carbons (Fsp3) is 0.419. The maximum absolute atomic E-state index is 13.3. The predicted molar refractivity (Wildman–Crippen MR) is 165 cm³/mol. The number of anilines is 1. The van der Waals surface area contributed by atoms with Crippen molar-refractivity contribution in [2.45, 2.75) is 46.5 Å². The van der Waals surface area contributed by atoms with Crippen LogP contribution >= 0.6 is 11.6 Å². The Labute approximate surface area is 253 Å². The van der Waals surface area contributed by atoms with Crippen molar-refractivity contribution in [3.63, 3.8) is 0 Å². The van der Waals surface area contributed by atoms with Gasteiger partial charge >= 0.3 is 0 Å². The van der Waals surface area contributed by atoms with E-state index >= 15 is 0 Å². The van der Waals surface area contributed by atoms with Gasteiger partial charge in [0.05, 0.1) is 12.2 Å². The molecule has 4 N–H and O–H groups in total. The molecule has 2 aromatic rings. The highest BCUT2D eigenvalue weighted by molar-refractivity contribution is 6.31. The van der Waals surface area contributed by atoms with Crippen LogP contribution in [0.2, 0.25) is 5.02 Å². The quantitative estimate of drug-likeness (QED) is 0.226. The van der Waals surface area contributed by atoms with Crippen LogP contribution in [0.3, 0.4) is 0 Å². The van der Waals surface area contributed by atoms with Gasteiger partial charge in [-0.15, -0.1) is 0 Å². The van der Waals surface area contributed by atoms with Crippen LogP contribution in [0.1, 0.15) is 56.8 Å². The molecule has 0 aromatic heterocycles. The van der Waals surface area contributed by atoms with E-state index in [4.69, 9.17) is 16.3 Å². The van der Waals surface area contributed by atoms with Gasteiger partial charge in [-0.3, -0.25) is 19.2 Å². The van der Waals surface area contributed by atoms with E-state index in [0.717, 1.165) is 0 Å². The lowest BCUT2D eigenvalue weighted by atomic mass is 9.88. The number of hydrogen-bond acceptors (Lipinski definition) is 6. The minimum Gasteiger partial charge on any atom is -0.493 e. The van der Waals surface area contributed by atoms with Gasteiger partial charge in [-0.2, -0.15) is 0 Å². The zero-order valence-electron chi connectivity index (χ0n) is 25.2. The van der Waals surface area contributed by atoms with Crippen molar-refractivity contribution in [2.24, 2.45) is 5.41 Å². The molecule has 42 heavy (non-hydrogen) atoms. The molecule has 0 spiro atoms. The van der Waals surface area contributed by atoms with E-state index in [2.05, 4.69) is 21.3 Å². The number of carbonyl (C=O) groups excluding carboxylic acids is 4. The van der Waals surface area contributed by atoms with Crippen molar-refractivity contribution in [1.29, 1.82) is 0 Å². The van der Waals surface area contributed by atoms with Crippen LogP contribution in [-0.4, -0.2) is 62.8 Å². The molecular formula is C31H42ClN5O5. The molecule has 0 saturated heterocycles. The van der Waals surface area contributed by atoms with Gasteiger partial charge in [-0.05, 0) is 55.5 Å². The van der Waals surface area contributed by atoms with Crippen molar-refractivity contribution in [2.75, 3.05) is 39.6 Å². The molecule has 0 saturated carbocycles. The molecule has 0 aliphatic rings. The molecule has 4 amide bonds. The maximum Gasteiger partial charge on any atom is 0.273 e. The standard InChI is InChI=1S/C31H42ClN5O5/c1-7-42-25-17-16-21(32)18-23(25)29(40)34-20-31(2,3)19-26(38)36-28(30(41)35-22-12-9-8-10-13-22)24(33-4)14-11-15-27(39)37(5)6/h8-10,12-13,16-18,33H,7,11,14-15,19-20H2,1-6H3,(H,34,40)(H,35,41)(H,36,38)/b28-24+. The number of halogens is 1. The molecule has 0 atom stereocenters. The van der Waals surface area contributed by atoms with Crippen LogP contribution in [0.15, 0.2) is 59.9 Å². The van der Waals surface area contributed by atoms with Gasteiger partial charge < -0.3 is 30.9 Å². The molecule has 0 heterocycles. The summed E-state index contributed by atoms with van der Waals surface area (Å²) in [7, 11) is 5.04. The first kappa shape index (κ1) is 34.2. The van der Waals surface area contributed by atoms with E-state index in [1.54, 1.807) is 57.5 Å². The molecule has 11 heteroatoms. The van der Waals surface area contributed by atoms with Crippen molar-refractivity contribution in [3.8, 4) is 5.75 Å². The third-order valence-electron chi connectivity index (χ3n) is 6.30. The van der Waals surface area contributed by atoms with E-state index in [-0.39, 0.29) is 30.5 Å². The molecule has 2 rings (SSSR count). The van der Waals surface area contributed by atoms with Crippen LogP contribution < -0.4 is 26.0 Å². The largest absolute Gasteiger partial charge is 0.493 e. The van der Waals surface area contributed by atoms with Gasteiger partial charge in [0.1, 0.15) is 11.4 Å². The summed E-state index contributed by atoms with van der Waals surface area (Å²) < 4.78 is 5.55. The second kappa shape index (κ2) is 16.4. The number of carbonyl (C=O) groups is 4. The Morgan fingerprint density at radius 2 is 1.69 bits per heavy atom. The van der Waals surface area contributed by atoms with Gasteiger partial charge in [0, 0.05) is 56.9 Å². The molecule has 0 bridgehead atoms. The number of para-hydroxylation sites is 1. The summed E-state index contributed by atoms with van der Waals surface area (Å²) in [5.41, 5.74) is 0.785. The fourth-order valence-electron chi connectivity index (χ4n) is 4.06. The number of allylic oxidation sites excluding steroid dienone is 1. The zero-order chi connectivity index (χ0) is 31.3. The van der Waals surface area contributed by atoms with E-state index < -0.39 is 17.2 Å². The van der Waals surface area contributed by atoms with Gasteiger partial charge in [-0.1, -0.05) is 43.6 Å². The molecule has 0 aliphatic heterocycles.